The predicted octanol–water partition coefficient (Wildman–Crippen LogP) is 4.64. The maximum absolute atomic E-state index is 11.7. The van der Waals surface area contributed by atoms with Crippen LogP contribution in [0.4, 0.5) is 11.4 Å². The average Bonchev–Trinajstić information content (AvgIpc) is 2.67. The number of aromatic carboxylic acids is 1. The summed E-state index contributed by atoms with van der Waals surface area (Å²) in [6.07, 6.45) is 0. The molecule has 2 amide bonds. The van der Waals surface area contributed by atoms with E-state index >= 15 is 0 Å². The first-order valence-corrected chi connectivity index (χ1v) is 8.96. The van der Waals surface area contributed by atoms with Gasteiger partial charge in [-0.3, -0.25) is 9.59 Å². The summed E-state index contributed by atoms with van der Waals surface area (Å²) in [5, 5.41) is 15.0. The summed E-state index contributed by atoms with van der Waals surface area (Å²) < 4.78 is 0. The fraction of sp³-hybridized carbons (Fsp3) is 0.0870. The Balaban J connectivity index is 2.09. The molecule has 0 saturated carbocycles. The smallest absolute Gasteiger partial charge is 0.335 e. The number of benzene rings is 3. The molecule has 0 atom stereocenters. The molecular weight excluding hydrogens is 368 g/mol. The first-order valence-electron chi connectivity index (χ1n) is 8.96. The number of anilines is 2. The zero-order valence-electron chi connectivity index (χ0n) is 16.0. The number of carboxylic acid groups (broad SMARTS) is 1. The molecule has 146 valence electrons. The highest BCUT2D eigenvalue weighted by atomic mass is 16.4. The van der Waals surface area contributed by atoms with Gasteiger partial charge in [-0.15, -0.1) is 0 Å². The Morgan fingerprint density at radius 1 is 0.655 bits per heavy atom. The van der Waals surface area contributed by atoms with Crippen LogP contribution in [0.15, 0.2) is 66.7 Å². The van der Waals surface area contributed by atoms with Gasteiger partial charge in [0.1, 0.15) is 0 Å². The highest BCUT2D eigenvalue weighted by Crippen LogP contribution is 2.31. The lowest BCUT2D eigenvalue weighted by Crippen LogP contribution is -2.05. The maximum Gasteiger partial charge on any atom is 0.335 e. The summed E-state index contributed by atoms with van der Waals surface area (Å²) in [6.45, 7) is 2.86. The minimum Gasteiger partial charge on any atom is -0.478 e. The Labute approximate surface area is 168 Å². The summed E-state index contributed by atoms with van der Waals surface area (Å²) in [5.74, 6) is -1.40. The molecule has 0 aliphatic carbocycles. The second-order valence-corrected chi connectivity index (χ2v) is 6.63. The Hall–Kier alpha value is -3.93. The zero-order chi connectivity index (χ0) is 21.0. The van der Waals surface area contributed by atoms with Gasteiger partial charge in [0, 0.05) is 25.2 Å². The van der Waals surface area contributed by atoms with Crippen molar-refractivity contribution in [2.24, 2.45) is 0 Å². The Kier molecular flexibility index (Phi) is 5.74. The number of carbonyl (C=O) groups excluding carboxylic acids is 2. The van der Waals surface area contributed by atoms with Gasteiger partial charge in [0.25, 0.3) is 0 Å². The quantitative estimate of drug-likeness (QED) is 0.593. The van der Waals surface area contributed by atoms with Crippen molar-refractivity contribution in [1.82, 2.24) is 0 Å². The predicted molar refractivity (Wildman–Crippen MR) is 113 cm³/mol. The average molecular weight is 388 g/mol. The normalized spacial score (nSPS) is 10.3. The molecule has 3 aromatic rings. The zero-order valence-corrected chi connectivity index (χ0v) is 16.0. The molecule has 0 unspecified atom stereocenters. The van der Waals surface area contributed by atoms with Crippen molar-refractivity contribution >= 4 is 29.2 Å². The van der Waals surface area contributed by atoms with Crippen molar-refractivity contribution in [3.63, 3.8) is 0 Å². The SMILES string of the molecule is CC(=O)Nc1cccc(-c2cc(C(=O)O)cc(-c3cccc(NC(C)=O)c3)c2)c1. The molecule has 0 aliphatic rings. The van der Waals surface area contributed by atoms with Crippen molar-refractivity contribution < 1.29 is 19.5 Å². The van der Waals surface area contributed by atoms with E-state index in [2.05, 4.69) is 10.6 Å². The molecule has 0 saturated heterocycles. The molecule has 0 aromatic heterocycles. The van der Waals surface area contributed by atoms with E-state index in [4.69, 9.17) is 0 Å². The van der Waals surface area contributed by atoms with Crippen LogP contribution in [0.1, 0.15) is 24.2 Å². The number of carboxylic acids is 1. The second kappa shape index (κ2) is 8.39. The van der Waals surface area contributed by atoms with Gasteiger partial charge >= 0.3 is 5.97 Å². The molecular formula is C23H20N2O4. The van der Waals surface area contributed by atoms with Crippen LogP contribution in [0.5, 0.6) is 0 Å². The summed E-state index contributed by atoms with van der Waals surface area (Å²) in [4.78, 5) is 34.3. The maximum atomic E-state index is 11.7. The summed E-state index contributed by atoms with van der Waals surface area (Å²) in [5.41, 5.74) is 4.37. The first kappa shape index (κ1) is 19.8. The third-order valence-corrected chi connectivity index (χ3v) is 4.21. The van der Waals surface area contributed by atoms with Crippen LogP contribution in [0.25, 0.3) is 22.3 Å². The molecule has 6 heteroatoms. The molecule has 0 radical (unpaired) electrons. The van der Waals surface area contributed by atoms with Crippen LogP contribution in [-0.2, 0) is 9.59 Å². The highest BCUT2D eigenvalue weighted by Gasteiger charge is 2.11. The number of nitrogens with one attached hydrogen (secondary N) is 2. The summed E-state index contributed by atoms with van der Waals surface area (Å²) in [7, 11) is 0. The monoisotopic (exact) mass is 388 g/mol. The van der Waals surface area contributed by atoms with E-state index in [0.29, 0.717) is 22.5 Å². The van der Waals surface area contributed by atoms with E-state index in [1.165, 1.54) is 13.8 Å². The third-order valence-electron chi connectivity index (χ3n) is 4.21. The van der Waals surface area contributed by atoms with Crippen molar-refractivity contribution in [2.75, 3.05) is 10.6 Å². The van der Waals surface area contributed by atoms with E-state index in [9.17, 15) is 19.5 Å². The minimum absolute atomic E-state index is 0.146. The summed E-state index contributed by atoms with van der Waals surface area (Å²) in [6, 6.07) is 19.5. The fourth-order valence-corrected chi connectivity index (χ4v) is 3.04. The second-order valence-electron chi connectivity index (χ2n) is 6.63. The van der Waals surface area contributed by atoms with Gasteiger partial charge < -0.3 is 15.7 Å². The van der Waals surface area contributed by atoms with Crippen molar-refractivity contribution in [3.8, 4) is 22.3 Å². The molecule has 6 nitrogen and oxygen atoms in total. The number of hydrogen-bond acceptors (Lipinski definition) is 3. The van der Waals surface area contributed by atoms with Crippen molar-refractivity contribution in [2.45, 2.75) is 13.8 Å². The van der Waals surface area contributed by atoms with Crippen LogP contribution >= 0.6 is 0 Å². The number of carbonyl (C=O) groups is 3. The van der Waals surface area contributed by atoms with Crippen molar-refractivity contribution in [1.29, 1.82) is 0 Å². The van der Waals surface area contributed by atoms with Gasteiger partial charge in [-0.25, -0.2) is 4.79 Å². The number of hydrogen-bond donors (Lipinski definition) is 3. The van der Waals surface area contributed by atoms with Gasteiger partial charge in [0.05, 0.1) is 5.56 Å². The van der Waals surface area contributed by atoms with Crippen LogP contribution < -0.4 is 10.6 Å². The molecule has 3 rings (SSSR count). The standard InChI is InChI=1S/C23H20N2O4/c1-14(26)24-21-7-3-5-16(12-21)18-9-19(11-20(10-18)23(28)29)17-6-4-8-22(13-17)25-15(2)27/h3-13H,1-2H3,(H,24,26)(H,25,27)(H,28,29). The van der Waals surface area contributed by atoms with E-state index < -0.39 is 5.97 Å². The molecule has 0 heterocycles. The van der Waals surface area contributed by atoms with E-state index in [1.54, 1.807) is 48.5 Å². The Morgan fingerprint density at radius 3 is 1.48 bits per heavy atom. The largest absolute Gasteiger partial charge is 0.478 e. The molecule has 3 aromatic carbocycles. The van der Waals surface area contributed by atoms with Crippen LogP contribution in [0.3, 0.4) is 0 Å². The van der Waals surface area contributed by atoms with Gasteiger partial charge in [0.15, 0.2) is 0 Å². The van der Waals surface area contributed by atoms with Gasteiger partial charge in [-0.2, -0.15) is 0 Å². The van der Waals surface area contributed by atoms with Gasteiger partial charge in [-0.1, -0.05) is 24.3 Å². The van der Waals surface area contributed by atoms with Crippen LogP contribution in [-0.4, -0.2) is 22.9 Å². The fourth-order valence-electron chi connectivity index (χ4n) is 3.04. The lowest BCUT2D eigenvalue weighted by Gasteiger charge is -2.11. The first-order chi connectivity index (χ1) is 13.8. The molecule has 0 spiro atoms. The highest BCUT2D eigenvalue weighted by molar-refractivity contribution is 5.94. The molecule has 0 fully saturated rings. The topological polar surface area (TPSA) is 95.5 Å². The summed E-state index contributed by atoms with van der Waals surface area (Å²) >= 11 is 0. The minimum atomic E-state index is -1.04. The molecule has 3 N–H and O–H groups in total. The molecule has 29 heavy (non-hydrogen) atoms. The van der Waals surface area contributed by atoms with Gasteiger partial charge in [0.2, 0.25) is 11.8 Å². The lowest BCUT2D eigenvalue weighted by molar-refractivity contribution is -0.115. The lowest BCUT2D eigenvalue weighted by atomic mass is 9.95. The number of amides is 2. The van der Waals surface area contributed by atoms with E-state index in [1.807, 2.05) is 18.2 Å². The molecule has 0 aliphatic heterocycles. The van der Waals surface area contributed by atoms with Crippen LogP contribution in [0, 0.1) is 0 Å². The van der Waals surface area contributed by atoms with E-state index in [0.717, 1.165) is 11.1 Å². The molecule has 0 bridgehead atoms. The van der Waals surface area contributed by atoms with Crippen LogP contribution in [0.2, 0.25) is 0 Å². The Bertz CT molecular complexity index is 1030. The number of rotatable bonds is 5. The van der Waals surface area contributed by atoms with Gasteiger partial charge in [-0.05, 0) is 64.7 Å². The van der Waals surface area contributed by atoms with Crippen molar-refractivity contribution in [3.05, 3.63) is 72.3 Å². The third kappa shape index (κ3) is 5.07. The van der Waals surface area contributed by atoms with E-state index in [-0.39, 0.29) is 17.4 Å². The Morgan fingerprint density at radius 2 is 1.10 bits per heavy atom.